The molecule has 1 aromatic carbocycles. The fourth-order valence-electron chi connectivity index (χ4n) is 2.22. The fraction of sp³-hybridized carbons (Fsp3) is 0.333. The molecule has 0 atom stereocenters. The zero-order chi connectivity index (χ0) is 12.2. The van der Waals surface area contributed by atoms with Crippen molar-refractivity contribution in [2.75, 3.05) is 19.0 Å². The monoisotopic (exact) mass is 312 g/mol. The molecule has 0 aromatic heterocycles. The van der Waals surface area contributed by atoms with Crippen molar-refractivity contribution in [3.63, 3.8) is 0 Å². The molecule has 0 aliphatic heterocycles. The lowest BCUT2D eigenvalue weighted by Gasteiger charge is -2.23. The summed E-state index contributed by atoms with van der Waals surface area (Å²) < 4.78 is 0. The van der Waals surface area contributed by atoms with Gasteiger partial charge in [0.1, 0.15) is 0 Å². The highest BCUT2D eigenvalue weighted by molar-refractivity contribution is 7.82. The summed E-state index contributed by atoms with van der Waals surface area (Å²) in [5, 5.41) is 1.49. The van der Waals surface area contributed by atoms with Gasteiger partial charge in [-0.05, 0) is 37.1 Å². The Kier molecular flexibility index (Phi) is 6.97. The number of rotatable bonds is 5. The average molecular weight is 313 g/mol. The number of benzene rings is 1. The number of halogens is 1. The molecule has 0 aliphatic rings. The van der Waals surface area contributed by atoms with Crippen LogP contribution >= 0.6 is 7.26 Å². The normalized spacial score (nSPS) is 10.5. The molecular formula is C15H22BrP. The van der Waals surface area contributed by atoms with Crippen LogP contribution in [-0.4, -0.2) is 19.0 Å². The molecule has 0 heterocycles. The van der Waals surface area contributed by atoms with Crippen LogP contribution in [0, 0.1) is 0 Å². The van der Waals surface area contributed by atoms with Gasteiger partial charge in [-0.15, -0.1) is 0 Å². The fourth-order valence-corrected chi connectivity index (χ4v) is 5.97. The van der Waals surface area contributed by atoms with Crippen LogP contribution in [0.1, 0.15) is 13.8 Å². The van der Waals surface area contributed by atoms with Crippen LogP contribution in [0.25, 0.3) is 0 Å². The lowest BCUT2D eigenvalue weighted by Crippen LogP contribution is -3.00. The first-order valence-corrected chi connectivity index (χ1v) is 8.23. The van der Waals surface area contributed by atoms with Crippen molar-refractivity contribution >= 4 is 12.6 Å². The van der Waals surface area contributed by atoms with Crippen LogP contribution < -0.4 is 22.3 Å². The maximum atomic E-state index is 4.07. The smallest absolute Gasteiger partial charge is 0.0943 e. The first-order valence-electron chi connectivity index (χ1n) is 5.63. The zero-order valence-electron chi connectivity index (χ0n) is 11.0. The molecule has 0 saturated heterocycles. The predicted octanol–water partition coefficient (Wildman–Crippen LogP) is 1.12. The second kappa shape index (κ2) is 7.13. The van der Waals surface area contributed by atoms with E-state index in [0.29, 0.717) is 0 Å². The van der Waals surface area contributed by atoms with Crippen LogP contribution in [0.4, 0.5) is 0 Å². The van der Waals surface area contributed by atoms with Crippen molar-refractivity contribution in [2.45, 2.75) is 13.8 Å². The van der Waals surface area contributed by atoms with E-state index in [0.717, 1.165) is 12.3 Å². The predicted molar refractivity (Wildman–Crippen MR) is 78.3 cm³/mol. The molecule has 0 saturated carbocycles. The van der Waals surface area contributed by atoms with Gasteiger partial charge < -0.3 is 17.0 Å². The van der Waals surface area contributed by atoms with Gasteiger partial charge in [0.05, 0.1) is 31.6 Å². The maximum absolute atomic E-state index is 4.07. The van der Waals surface area contributed by atoms with Gasteiger partial charge in [0.15, 0.2) is 0 Å². The summed E-state index contributed by atoms with van der Waals surface area (Å²) in [7, 11) is -1.13. The Morgan fingerprint density at radius 3 is 1.76 bits per heavy atom. The van der Waals surface area contributed by atoms with Crippen molar-refractivity contribution in [3.8, 4) is 0 Å². The molecule has 0 fully saturated rings. The Bertz CT molecular complexity index is 365. The highest BCUT2D eigenvalue weighted by Gasteiger charge is 2.34. The van der Waals surface area contributed by atoms with Gasteiger partial charge in [-0.3, -0.25) is 0 Å². The summed E-state index contributed by atoms with van der Waals surface area (Å²) in [5.41, 5.74) is 2.56. The molecule has 0 bridgehead atoms. The van der Waals surface area contributed by atoms with Crippen LogP contribution in [-0.2, 0) is 0 Å². The first kappa shape index (κ1) is 16.6. The Balaban J connectivity index is 0.00000256. The van der Waals surface area contributed by atoms with Gasteiger partial charge >= 0.3 is 0 Å². The lowest BCUT2D eigenvalue weighted by molar-refractivity contribution is -0.00000364. The largest absolute Gasteiger partial charge is 1.00 e. The molecule has 94 valence electrons. The number of hydrogen-bond donors (Lipinski definition) is 0. The van der Waals surface area contributed by atoms with E-state index in [1.807, 2.05) is 0 Å². The molecule has 1 rings (SSSR count). The number of allylic oxidation sites excluding steroid dienone is 2. The first-order chi connectivity index (χ1) is 7.44. The SMILES string of the molecule is C=C(C)C[P+](C)(CC(=C)C)c1ccccc1.[Br-]. The molecule has 0 aliphatic carbocycles. The van der Waals surface area contributed by atoms with Crippen molar-refractivity contribution in [3.05, 3.63) is 54.6 Å². The summed E-state index contributed by atoms with van der Waals surface area (Å²) in [6.07, 6.45) is 2.26. The van der Waals surface area contributed by atoms with Gasteiger partial charge in [-0.25, -0.2) is 0 Å². The Labute approximate surface area is 117 Å². The summed E-state index contributed by atoms with van der Waals surface area (Å²) in [4.78, 5) is 0. The van der Waals surface area contributed by atoms with Crippen LogP contribution in [0.15, 0.2) is 54.6 Å². The van der Waals surface area contributed by atoms with Crippen molar-refractivity contribution in [1.29, 1.82) is 0 Å². The van der Waals surface area contributed by atoms with Crippen LogP contribution in [0.2, 0.25) is 0 Å². The van der Waals surface area contributed by atoms with Crippen LogP contribution in [0.3, 0.4) is 0 Å². The van der Waals surface area contributed by atoms with Crippen LogP contribution in [0.5, 0.6) is 0 Å². The van der Waals surface area contributed by atoms with Crippen molar-refractivity contribution < 1.29 is 17.0 Å². The molecule has 0 N–H and O–H groups in total. The van der Waals surface area contributed by atoms with E-state index < -0.39 is 7.26 Å². The third-order valence-corrected chi connectivity index (χ3v) is 6.64. The highest BCUT2D eigenvalue weighted by atomic mass is 79.9. The van der Waals surface area contributed by atoms with Gasteiger partial charge in [-0.1, -0.05) is 31.4 Å². The Morgan fingerprint density at radius 2 is 1.41 bits per heavy atom. The molecule has 0 amide bonds. The van der Waals surface area contributed by atoms with E-state index >= 15 is 0 Å². The third kappa shape index (κ3) is 5.19. The molecule has 2 heteroatoms. The maximum Gasteiger partial charge on any atom is 0.0943 e. The second-order valence-electron chi connectivity index (χ2n) is 4.96. The summed E-state index contributed by atoms with van der Waals surface area (Å²) >= 11 is 0. The minimum Gasteiger partial charge on any atom is -1.00 e. The highest BCUT2D eigenvalue weighted by Crippen LogP contribution is 2.55. The topological polar surface area (TPSA) is 0 Å². The number of hydrogen-bond acceptors (Lipinski definition) is 0. The molecule has 0 nitrogen and oxygen atoms in total. The molecule has 0 radical (unpaired) electrons. The average Bonchev–Trinajstić information content (AvgIpc) is 2.16. The van der Waals surface area contributed by atoms with E-state index in [4.69, 9.17) is 0 Å². The van der Waals surface area contributed by atoms with E-state index in [1.54, 1.807) is 0 Å². The van der Waals surface area contributed by atoms with E-state index in [1.165, 1.54) is 16.5 Å². The van der Waals surface area contributed by atoms with E-state index in [9.17, 15) is 0 Å². The Morgan fingerprint density at radius 1 is 1.00 bits per heavy atom. The second-order valence-corrected chi connectivity index (χ2v) is 8.90. The van der Waals surface area contributed by atoms with E-state index in [-0.39, 0.29) is 17.0 Å². The summed E-state index contributed by atoms with van der Waals surface area (Å²) in [5.74, 6) is 0. The minimum atomic E-state index is -1.13. The van der Waals surface area contributed by atoms with Crippen molar-refractivity contribution in [1.82, 2.24) is 0 Å². The van der Waals surface area contributed by atoms with E-state index in [2.05, 4.69) is 64.0 Å². The quantitative estimate of drug-likeness (QED) is 0.564. The summed E-state index contributed by atoms with van der Waals surface area (Å²) in [6.45, 7) is 14.8. The molecular weight excluding hydrogens is 291 g/mol. The third-order valence-electron chi connectivity index (χ3n) is 2.62. The van der Waals surface area contributed by atoms with Gasteiger partial charge in [0.25, 0.3) is 0 Å². The minimum absolute atomic E-state index is 0. The molecule has 0 spiro atoms. The molecule has 17 heavy (non-hydrogen) atoms. The van der Waals surface area contributed by atoms with Crippen molar-refractivity contribution in [2.24, 2.45) is 0 Å². The molecule has 0 unspecified atom stereocenters. The zero-order valence-corrected chi connectivity index (χ0v) is 13.5. The molecule has 1 aromatic rings. The summed E-state index contributed by atoms with van der Waals surface area (Å²) in [6, 6.07) is 10.8. The van der Waals surface area contributed by atoms with Gasteiger partial charge in [-0.2, -0.15) is 0 Å². The standard InChI is InChI=1S/C15H22P.BrH/c1-13(2)11-16(5,12-14(3)4)15-9-7-6-8-10-15;/h6-10H,1,3,11-12H2,2,4-5H3;1H/q+1;/p-1. The Hall–Kier alpha value is -0.390. The lowest BCUT2D eigenvalue weighted by atomic mass is 10.4. The van der Waals surface area contributed by atoms with Gasteiger partial charge in [0, 0.05) is 0 Å². The van der Waals surface area contributed by atoms with Gasteiger partial charge in [0.2, 0.25) is 0 Å².